The first-order valence-corrected chi connectivity index (χ1v) is 8.83. The summed E-state index contributed by atoms with van der Waals surface area (Å²) in [7, 11) is 1.59. The van der Waals surface area contributed by atoms with Gasteiger partial charge in [0.05, 0.1) is 19.6 Å². The van der Waals surface area contributed by atoms with Crippen LogP contribution in [0.15, 0.2) is 24.3 Å². The highest BCUT2D eigenvalue weighted by atomic mass is 16.5. The van der Waals surface area contributed by atoms with E-state index in [2.05, 4.69) is 5.32 Å². The Bertz CT molecular complexity index is 597. The number of aliphatic carboxylic acids is 1. The molecule has 0 heterocycles. The smallest absolute Gasteiger partial charge is 0.303 e. The zero-order chi connectivity index (χ0) is 18.3. The zero-order valence-corrected chi connectivity index (χ0v) is 14.8. The van der Waals surface area contributed by atoms with Gasteiger partial charge in [0.1, 0.15) is 5.75 Å². The minimum absolute atomic E-state index is 0.0923. The molecule has 138 valence electrons. The number of ether oxygens (including phenoxy) is 1. The summed E-state index contributed by atoms with van der Waals surface area (Å²) in [5, 5.41) is 12.1. The molecule has 25 heavy (non-hydrogen) atoms. The van der Waals surface area contributed by atoms with Gasteiger partial charge in [0, 0.05) is 13.0 Å². The first-order chi connectivity index (χ1) is 12.0. The number of rotatable bonds is 8. The summed E-state index contributed by atoms with van der Waals surface area (Å²) in [4.78, 5) is 23.6. The molecule has 1 aromatic carbocycles. The van der Waals surface area contributed by atoms with Crippen LogP contribution in [0.2, 0.25) is 0 Å². The highest BCUT2D eigenvalue weighted by Crippen LogP contribution is 2.38. The molecule has 1 fully saturated rings. The second-order valence-corrected chi connectivity index (χ2v) is 6.97. The minimum atomic E-state index is -0.811. The Balaban J connectivity index is 1.94. The molecule has 1 atom stereocenters. The van der Waals surface area contributed by atoms with Crippen LogP contribution in [-0.2, 0) is 16.0 Å². The third-order valence-electron chi connectivity index (χ3n) is 5.05. The normalized spacial score (nSPS) is 17.5. The minimum Gasteiger partial charge on any atom is -0.496 e. The standard InChI is InChI=1S/C19H28N2O4/c1-25-16-8-4-3-7-14(16)11-15(20)18(24)21-13-19(12-17(22)23)9-5-2-6-10-19/h3-4,7-8,15H,2,5-6,9-13,20H2,1H3,(H,21,24)(H,22,23)/t15-/m1/s1. The highest BCUT2D eigenvalue weighted by Gasteiger charge is 2.35. The van der Waals surface area contributed by atoms with Crippen molar-refractivity contribution in [3.8, 4) is 5.75 Å². The van der Waals surface area contributed by atoms with Gasteiger partial charge in [0.2, 0.25) is 5.91 Å². The average molecular weight is 348 g/mol. The third-order valence-corrected chi connectivity index (χ3v) is 5.05. The zero-order valence-electron chi connectivity index (χ0n) is 14.8. The first-order valence-electron chi connectivity index (χ1n) is 8.83. The van der Waals surface area contributed by atoms with Gasteiger partial charge in [-0.15, -0.1) is 0 Å². The summed E-state index contributed by atoms with van der Waals surface area (Å²) in [5.41, 5.74) is 6.59. The summed E-state index contributed by atoms with van der Waals surface area (Å²) >= 11 is 0. The maximum atomic E-state index is 12.4. The Morgan fingerprint density at radius 2 is 1.96 bits per heavy atom. The molecule has 2 rings (SSSR count). The van der Waals surface area contributed by atoms with Crippen LogP contribution in [-0.4, -0.2) is 36.7 Å². The summed E-state index contributed by atoms with van der Waals surface area (Å²) in [6.07, 6.45) is 5.29. The van der Waals surface area contributed by atoms with E-state index in [1.807, 2.05) is 24.3 Å². The molecule has 6 heteroatoms. The Morgan fingerprint density at radius 3 is 2.60 bits per heavy atom. The number of para-hydroxylation sites is 1. The number of carbonyl (C=O) groups excluding carboxylic acids is 1. The molecule has 1 aromatic rings. The number of carbonyl (C=O) groups is 2. The van der Waals surface area contributed by atoms with Crippen molar-refractivity contribution in [3.05, 3.63) is 29.8 Å². The number of benzene rings is 1. The Kier molecular flexibility index (Phi) is 6.82. The molecule has 1 aliphatic rings. The van der Waals surface area contributed by atoms with Crippen molar-refractivity contribution < 1.29 is 19.4 Å². The molecule has 6 nitrogen and oxygen atoms in total. The number of hydrogen-bond acceptors (Lipinski definition) is 4. The van der Waals surface area contributed by atoms with E-state index in [9.17, 15) is 14.7 Å². The van der Waals surface area contributed by atoms with Gasteiger partial charge >= 0.3 is 5.97 Å². The average Bonchev–Trinajstić information content (AvgIpc) is 2.60. The monoisotopic (exact) mass is 348 g/mol. The van der Waals surface area contributed by atoms with E-state index in [1.165, 1.54) is 0 Å². The Labute approximate surface area is 148 Å². The van der Waals surface area contributed by atoms with Crippen molar-refractivity contribution in [3.63, 3.8) is 0 Å². The molecule has 1 amide bonds. The van der Waals surface area contributed by atoms with E-state index >= 15 is 0 Å². The van der Waals surface area contributed by atoms with Gasteiger partial charge in [0.15, 0.2) is 0 Å². The molecule has 0 aromatic heterocycles. The number of amides is 1. The quantitative estimate of drug-likeness (QED) is 0.668. The lowest BCUT2D eigenvalue weighted by Gasteiger charge is -2.36. The fourth-order valence-electron chi connectivity index (χ4n) is 3.65. The van der Waals surface area contributed by atoms with Gasteiger partial charge < -0.3 is 20.9 Å². The van der Waals surface area contributed by atoms with Gasteiger partial charge in [0.25, 0.3) is 0 Å². The molecule has 1 saturated carbocycles. The SMILES string of the molecule is COc1ccccc1C[C@@H](N)C(=O)NCC1(CC(=O)O)CCCCC1. The molecule has 0 aliphatic heterocycles. The van der Waals surface area contributed by atoms with Crippen molar-refractivity contribution in [2.24, 2.45) is 11.1 Å². The molecular formula is C19H28N2O4. The lowest BCUT2D eigenvalue weighted by Crippen LogP contribution is -2.47. The van der Waals surface area contributed by atoms with Crippen LogP contribution in [0, 0.1) is 5.41 Å². The first kappa shape index (κ1) is 19.2. The second-order valence-electron chi connectivity index (χ2n) is 6.97. The largest absolute Gasteiger partial charge is 0.496 e. The van der Waals surface area contributed by atoms with Crippen LogP contribution >= 0.6 is 0 Å². The maximum Gasteiger partial charge on any atom is 0.303 e. The number of nitrogens with one attached hydrogen (secondary N) is 1. The summed E-state index contributed by atoms with van der Waals surface area (Å²) in [5.74, 6) is -0.351. The fourth-order valence-corrected chi connectivity index (χ4v) is 3.65. The summed E-state index contributed by atoms with van der Waals surface area (Å²) in [6, 6.07) is 6.78. The number of carboxylic acid groups (broad SMARTS) is 1. The van der Waals surface area contributed by atoms with Crippen LogP contribution < -0.4 is 15.8 Å². The molecule has 0 unspecified atom stereocenters. The summed E-state index contributed by atoms with van der Waals surface area (Å²) < 4.78 is 5.29. The molecule has 1 aliphatic carbocycles. The van der Waals surface area contributed by atoms with E-state index in [1.54, 1.807) is 7.11 Å². The van der Waals surface area contributed by atoms with Crippen molar-refractivity contribution in [1.29, 1.82) is 0 Å². The number of methoxy groups -OCH3 is 1. The Hall–Kier alpha value is -2.08. The van der Waals surface area contributed by atoms with E-state index in [0.29, 0.717) is 18.7 Å². The van der Waals surface area contributed by atoms with E-state index in [4.69, 9.17) is 10.5 Å². The van der Waals surface area contributed by atoms with E-state index in [-0.39, 0.29) is 17.7 Å². The predicted molar refractivity (Wildman–Crippen MR) is 95.5 cm³/mol. The fraction of sp³-hybridized carbons (Fsp3) is 0.579. The van der Waals surface area contributed by atoms with Gasteiger partial charge in [-0.05, 0) is 29.9 Å². The Morgan fingerprint density at radius 1 is 1.28 bits per heavy atom. The maximum absolute atomic E-state index is 12.4. The predicted octanol–water partition coefficient (Wildman–Crippen LogP) is 2.11. The van der Waals surface area contributed by atoms with Gasteiger partial charge in [-0.25, -0.2) is 0 Å². The molecular weight excluding hydrogens is 320 g/mol. The second kappa shape index (κ2) is 8.85. The molecule has 0 radical (unpaired) electrons. The van der Waals surface area contributed by atoms with Crippen molar-refractivity contribution in [1.82, 2.24) is 5.32 Å². The van der Waals surface area contributed by atoms with Crippen LogP contribution in [0.3, 0.4) is 0 Å². The molecule has 0 saturated heterocycles. The van der Waals surface area contributed by atoms with Gasteiger partial charge in [-0.3, -0.25) is 9.59 Å². The molecule has 0 spiro atoms. The van der Waals surface area contributed by atoms with Crippen molar-refractivity contribution >= 4 is 11.9 Å². The van der Waals surface area contributed by atoms with E-state index in [0.717, 1.165) is 37.7 Å². The van der Waals surface area contributed by atoms with Gasteiger partial charge in [-0.1, -0.05) is 37.5 Å². The van der Waals surface area contributed by atoms with Crippen LogP contribution in [0.4, 0.5) is 0 Å². The van der Waals surface area contributed by atoms with Crippen molar-refractivity contribution in [2.75, 3.05) is 13.7 Å². The molecule has 0 bridgehead atoms. The third kappa shape index (κ3) is 5.46. The van der Waals surface area contributed by atoms with Crippen LogP contribution in [0.1, 0.15) is 44.1 Å². The topological polar surface area (TPSA) is 102 Å². The summed E-state index contributed by atoms with van der Waals surface area (Å²) in [6.45, 7) is 0.373. The number of carboxylic acids is 1. The highest BCUT2D eigenvalue weighted by molar-refractivity contribution is 5.82. The number of nitrogens with two attached hydrogens (primary N) is 1. The molecule has 4 N–H and O–H groups in total. The van der Waals surface area contributed by atoms with Crippen molar-refractivity contribution in [2.45, 2.75) is 51.0 Å². The lowest BCUT2D eigenvalue weighted by molar-refractivity contribution is -0.140. The lowest BCUT2D eigenvalue weighted by atomic mass is 9.71. The van der Waals surface area contributed by atoms with Crippen LogP contribution in [0.25, 0.3) is 0 Å². The number of hydrogen-bond donors (Lipinski definition) is 3. The van der Waals surface area contributed by atoms with Crippen LogP contribution in [0.5, 0.6) is 5.75 Å². The van der Waals surface area contributed by atoms with E-state index < -0.39 is 12.0 Å². The van der Waals surface area contributed by atoms with Gasteiger partial charge in [-0.2, -0.15) is 0 Å².